The summed E-state index contributed by atoms with van der Waals surface area (Å²) >= 11 is 5.96. The summed E-state index contributed by atoms with van der Waals surface area (Å²) in [5.74, 6) is 6.23. The summed E-state index contributed by atoms with van der Waals surface area (Å²) in [6.45, 7) is 2.20. The van der Waals surface area contributed by atoms with Crippen LogP contribution in [0.15, 0.2) is 24.3 Å². The lowest BCUT2D eigenvalue weighted by atomic mass is 10.2. The molecule has 0 atom stereocenters. The minimum atomic E-state index is 0.746. The van der Waals surface area contributed by atoms with Crippen molar-refractivity contribution in [2.45, 2.75) is 32.6 Å². The van der Waals surface area contributed by atoms with Crippen LogP contribution < -0.4 is 0 Å². The Kier molecular flexibility index (Phi) is 5.19. The standard InChI is InChI=1S/C13H15Cl/c1-2-3-4-5-6-9-12-10-7-8-11-13(12)14/h7-8,10-11H,2-5H2,1H3. The Bertz CT molecular complexity index is 331. The topological polar surface area (TPSA) is 0 Å². The highest BCUT2D eigenvalue weighted by Gasteiger charge is 1.91. The fourth-order valence-electron chi connectivity index (χ4n) is 1.18. The molecule has 0 nitrogen and oxygen atoms in total. The third-order valence-electron chi connectivity index (χ3n) is 2.00. The largest absolute Gasteiger partial charge is 0.0978 e. The molecular formula is C13H15Cl. The SMILES string of the molecule is CCCCCC#Cc1ccccc1Cl. The number of benzene rings is 1. The van der Waals surface area contributed by atoms with Gasteiger partial charge in [-0.2, -0.15) is 0 Å². The van der Waals surface area contributed by atoms with Gasteiger partial charge in [-0.25, -0.2) is 0 Å². The van der Waals surface area contributed by atoms with E-state index < -0.39 is 0 Å². The van der Waals surface area contributed by atoms with Crippen LogP contribution >= 0.6 is 11.6 Å². The molecule has 74 valence electrons. The van der Waals surface area contributed by atoms with Gasteiger partial charge in [-0.3, -0.25) is 0 Å². The third kappa shape index (κ3) is 3.85. The van der Waals surface area contributed by atoms with Gasteiger partial charge in [-0.1, -0.05) is 55.3 Å². The van der Waals surface area contributed by atoms with Gasteiger partial charge in [0.15, 0.2) is 0 Å². The van der Waals surface area contributed by atoms with E-state index in [4.69, 9.17) is 11.6 Å². The second-order valence-electron chi connectivity index (χ2n) is 3.24. The number of hydrogen-bond acceptors (Lipinski definition) is 0. The van der Waals surface area contributed by atoms with Crippen molar-refractivity contribution in [1.82, 2.24) is 0 Å². The van der Waals surface area contributed by atoms with Crippen molar-refractivity contribution in [1.29, 1.82) is 0 Å². The molecule has 0 unspecified atom stereocenters. The van der Waals surface area contributed by atoms with E-state index in [9.17, 15) is 0 Å². The Balaban J connectivity index is 2.47. The Morgan fingerprint density at radius 2 is 2.00 bits per heavy atom. The molecule has 0 bridgehead atoms. The fraction of sp³-hybridized carbons (Fsp3) is 0.385. The minimum absolute atomic E-state index is 0.746. The molecule has 0 radical (unpaired) electrons. The maximum Gasteiger partial charge on any atom is 0.0562 e. The van der Waals surface area contributed by atoms with Crippen molar-refractivity contribution in [3.63, 3.8) is 0 Å². The third-order valence-corrected chi connectivity index (χ3v) is 2.33. The molecule has 0 aliphatic rings. The lowest BCUT2D eigenvalue weighted by molar-refractivity contribution is 0.737. The molecule has 0 heterocycles. The van der Waals surface area contributed by atoms with Crippen molar-refractivity contribution in [3.05, 3.63) is 34.9 Å². The van der Waals surface area contributed by atoms with Crippen LogP contribution in [0.4, 0.5) is 0 Å². The lowest BCUT2D eigenvalue weighted by Crippen LogP contribution is -1.76. The summed E-state index contributed by atoms with van der Waals surface area (Å²) in [7, 11) is 0. The van der Waals surface area contributed by atoms with E-state index in [0.29, 0.717) is 0 Å². The molecule has 0 N–H and O–H groups in total. The highest BCUT2D eigenvalue weighted by molar-refractivity contribution is 6.31. The van der Waals surface area contributed by atoms with E-state index in [2.05, 4.69) is 18.8 Å². The van der Waals surface area contributed by atoms with Crippen LogP contribution in [0, 0.1) is 11.8 Å². The van der Waals surface area contributed by atoms with E-state index >= 15 is 0 Å². The van der Waals surface area contributed by atoms with Crippen LogP contribution in [0.3, 0.4) is 0 Å². The van der Waals surface area contributed by atoms with Gasteiger partial charge in [-0.05, 0) is 18.6 Å². The van der Waals surface area contributed by atoms with Crippen molar-refractivity contribution in [2.24, 2.45) is 0 Å². The van der Waals surface area contributed by atoms with Crippen molar-refractivity contribution < 1.29 is 0 Å². The molecule has 0 amide bonds. The van der Waals surface area contributed by atoms with Gasteiger partial charge in [0, 0.05) is 12.0 Å². The highest BCUT2D eigenvalue weighted by atomic mass is 35.5. The second kappa shape index (κ2) is 6.51. The van der Waals surface area contributed by atoms with Gasteiger partial charge in [-0.15, -0.1) is 0 Å². The molecule has 1 aromatic rings. The van der Waals surface area contributed by atoms with Crippen molar-refractivity contribution >= 4 is 11.6 Å². The molecule has 1 aromatic carbocycles. The van der Waals surface area contributed by atoms with E-state index in [-0.39, 0.29) is 0 Å². The Labute approximate surface area is 91.3 Å². The maximum atomic E-state index is 5.96. The van der Waals surface area contributed by atoms with E-state index in [1.807, 2.05) is 24.3 Å². The monoisotopic (exact) mass is 206 g/mol. The molecule has 1 rings (SSSR count). The van der Waals surface area contributed by atoms with E-state index in [1.54, 1.807) is 0 Å². The van der Waals surface area contributed by atoms with Gasteiger partial charge in [0.05, 0.1) is 5.02 Å². The smallest absolute Gasteiger partial charge is 0.0562 e. The first-order valence-corrected chi connectivity index (χ1v) is 5.45. The van der Waals surface area contributed by atoms with Crippen LogP contribution in [-0.2, 0) is 0 Å². The summed E-state index contributed by atoms with van der Waals surface area (Å²) in [6, 6.07) is 7.71. The summed E-state index contributed by atoms with van der Waals surface area (Å²) in [5, 5.41) is 0.746. The number of rotatable bonds is 3. The first-order chi connectivity index (χ1) is 6.84. The van der Waals surface area contributed by atoms with Crippen LogP contribution in [-0.4, -0.2) is 0 Å². The lowest BCUT2D eigenvalue weighted by Gasteiger charge is -1.93. The van der Waals surface area contributed by atoms with Crippen LogP contribution in [0.5, 0.6) is 0 Å². The van der Waals surface area contributed by atoms with Crippen LogP contribution in [0.2, 0.25) is 5.02 Å². The molecule has 0 fully saturated rings. The number of unbranched alkanes of at least 4 members (excludes halogenated alkanes) is 3. The predicted octanol–water partition coefficient (Wildman–Crippen LogP) is 4.27. The zero-order chi connectivity index (χ0) is 10.2. The molecule has 1 heteroatoms. The zero-order valence-electron chi connectivity index (χ0n) is 8.52. The number of hydrogen-bond donors (Lipinski definition) is 0. The van der Waals surface area contributed by atoms with E-state index in [0.717, 1.165) is 17.0 Å². The summed E-state index contributed by atoms with van der Waals surface area (Å²) in [6.07, 6.45) is 4.66. The first kappa shape index (κ1) is 11.1. The molecule has 0 aromatic heterocycles. The van der Waals surface area contributed by atoms with Crippen LogP contribution in [0.1, 0.15) is 38.2 Å². The Hall–Kier alpha value is -0.930. The highest BCUT2D eigenvalue weighted by Crippen LogP contribution is 2.13. The average Bonchev–Trinajstić information content (AvgIpc) is 2.20. The van der Waals surface area contributed by atoms with Gasteiger partial charge in [0.1, 0.15) is 0 Å². The Morgan fingerprint density at radius 3 is 2.71 bits per heavy atom. The second-order valence-corrected chi connectivity index (χ2v) is 3.65. The molecular weight excluding hydrogens is 192 g/mol. The quantitative estimate of drug-likeness (QED) is 0.512. The molecule has 0 aliphatic heterocycles. The molecule has 0 saturated heterocycles. The normalized spacial score (nSPS) is 9.29. The molecule has 0 spiro atoms. The maximum absolute atomic E-state index is 5.96. The predicted molar refractivity (Wildman–Crippen MR) is 62.5 cm³/mol. The molecule has 0 saturated carbocycles. The van der Waals surface area contributed by atoms with Gasteiger partial charge < -0.3 is 0 Å². The average molecular weight is 207 g/mol. The van der Waals surface area contributed by atoms with Crippen LogP contribution in [0.25, 0.3) is 0 Å². The van der Waals surface area contributed by atoms with Gasteiger partial charge in [0.25, 0.3) is 0 Å². The van der Waals surface area contributed by atoms with Crippen molar-refractivity contribution in [3.8, 4) is 11.8 Å². The minimum Gasteiger partial charge on any atom is -0.0978 e. The fourth-order valence-corrected chi connectivity index (χ4v) is 1.37. The molecule has 0 aliphatic carbocycles. The summed E-state index contributed by atoms with van der Waals surface area (Å²) in [4.78, 5) is 0. The summed E-state index contributed by atoms with van der Waals surface area (Å²) < 4.78 is 0. The van der Waals surface area contributed by atoms with Gasteiger partial charge >= 0.3 is 0 Å². The van der Waals surface area contributed by atoms with E-state index in [1.165, 1.54) is 19.3 Å². The number of halogens is 1. The van der Waals surface area contributed by atoms with Crippen molar-refractivity contribution in [2.75, 3.05) is 0 Å². The van der Waals surface area contributed by atoms with Gasteiger partial charge in [0.2, 0.25) is 0 Å². The molecule has 14 heavy (non-hydrogen) atoms. The first-order valence-electron chi connectivity index (χ1n) is 5.08. The zero-order valence-corrected chi connectivity index (χ0v) is 9.27. The Morgan fingerprint density at radius 1 is 1.21 bits per heavy atom. The summed E-state index contributed by atoms with van der Waals surface area (Å²) in [5.41, 5.74) is 0.936.